The lowest BCUT2D eigenvalue weighted by Crippen LogP contribution is -2.06. The summed E-state index contributed by atoms with van der Waals surface area (Å²) in [5, 5.41) is 0.713. The number of fused-ring (bicyclic) bond motifs is 1. The summed E-state index contributed by atoms with van der Waals surface area (Å²) in [6.45, 7) is 2.61. The number of nitrogens with two attached hydrogens (primary N) is 1. The van der Waals surface area contributed by atoms with Crippen molar-refractivity contribution < 1.29 is 0 Å². The van der Waals surface area contributed by atoms with Gasteiger partial charge in [-0.05, 0) is 25.1 Å². The van der Waals surface area contributed by atoms with Gasteiger partial charge in [-0.15, -0.1) is 0 Å². The summed E-state index contributed by atoms with van der Waals surface area (Å²) in [7, 11) is 0. The third kappa shape index (κ3) is 2.19. The van der Waals surface area contributed by atoms with E-state index in [1.807, 2.05) is 37.4 Å². The topological polar surface area (TPSA) is 43.3 Å². The first kappa shape index (κ1) is 13.2. The lowest BCUT2D eigenvalue weighted by Gasteiger charge is -2.05. The first-order valence-electron chi connectivity index (χ1n) is 6.63. The molecule has 0 amide bonds. The molecule has 102 valence electrons. The second-order valence-electron chi connectivity index (χ2n) is 4.85. The number of aryl methyl sites for hydroxylation is 1. The molecular formula is C16H16ClN3. The molecule has 0 saturated heterocycles. The number of rotatable bonds is 3. The van der Waals surface area contributed by atoms with Crippen molar-refractivity contribution >= 4 is 17.2 Å². The number of benzene rings is 1. The molecule has 0 radical (unpaired) electrons. The maximum atomic E-state index is 6.17. The fourth-order valence-corrected chi connectivity index (χ4v) is 2.78. The van der Waals surface area contributed by atoms with Crippen molar-refractivity contribution in [1.29, 1.82) is 0 Å². The normalized spacial score (nSPS) is 11.2. The predicted octanol–water partition coefficient (Wildman–Crippen LogP) is 3.46. The Bertz CT molecular complexity index is 747. The lowest BCUT2D eigenvalue weighted by atomic mass is 10.1. The number of pyridine rings is 1. The molecule has 0 fully saturated rings. The highest BCUT2D eigenvalue weighted by molar-refractivity contribution is 6.30. The summed E-state index contributed by atoms with van der Waals surface area (Å²) < 4.78 is 2.06. The van der Waals surface area contributed by atoms with E-state index in [1.165, 1.54) is 0 Å². The summed E-state index contributed by atoms with van der Waals surface area (Å²) >= 11 is 6.17. The molecule has 3 nitrogen and oxygen atoms in total. The van der Waals surface area contributed by atoms with E-state index >= 15 is 0 Å². The molecule has 20 heavy (non-hydrogen) atoms. The van der Waals surface area contributed by atoms with E-state index in [0.717, 1.165) is 34.6 Å². The smallest absolute Gasteiger partial charge is 0.140 e. The molecule has 0 bridgehead atoms. The van der Waals surface area contributed by atoms with Crippen LogP contribution in [0.5, 0.6) is 0 Å². The van der Waals surface area contributed by atoms with Crippen molar-refractivity contribution in [3.05, 3.63) is 58.9 Å². The van der Waals surface area contributed by atoms with Crippen molar-refractivity contribution in [1.82, 2.24) is 9.38 Å². The van der Waals surface area contributed by atoms with E-state index in [-0.39, 0.29) is 0 Å². The Morgan fingerprint density at radius 3 is 2.70 bits per heavy atom. The lowest BCUT2D eigenvalue weighted by molar-refractivity contribution is 0.906. The molecule has 3 rings (SSSR count). The van der Waals surface area contributed by atoms with Crippen molar-refractivity contribution in [3.63, 3.8) is 0 Å². The largest absolute Gasteiger partial charge is 0.330 e. The second-order valence-corrected chi connectivity index (χ2v) is 5.28. The number of nitrogens with zero attached hydrogens (tertiary/aromatic N) is 2. The van der Waals surface area contributed by atoms with Crippen LogP contribution in [0.1, 0.15) is 11.3 Å². The first-order chi connectivity index (χ1) is 9.70. The number of imidazole rings is 1. The van der Waals surface area contributed by atoms with E-state index in [4.69, 9.17) is 22.3 Å². The molecule has 0 unspecified atom stereocenters. The Balaban J connectivity index is 2.32. The van der Waals surface area contributed by atoms with Gasteiger partial charge in [-0.2, -0.15) is 0 Å². The standard InChI is InChI=1S/C16H16ClN3/c1-11-9-13(17)10-20-14(7-8-18)15(19-16(11)20)12-5-3-2-4-6-12/h2-6,9-10H,7-8,18H2,1H3. The van der Waals surface area contributed by atoms with Crippen LogP contribution in [0.15, 0.2) is 42.6 Å². The molecule has 2 N–H and O–H groups in total. The van der Waals surface area contributed by atoms with Crippen molar-refractivity contribution in [3.8, 4) is 11.3 Å². The van der Waals surface area contributed by atoms with Gasteiger partial charge in [-0.25, -0.2) is 4.98 Å². The molecule has 0 saturated carbocycles. The minimum absolute atomic E-state index is 0.583. The SMILES string of the molecule is Cc1cc(Cl)cn2c(CCN)c(-c3ccccc3)nc12. The number of aromatic nitrogens is 2. The highest BCUT2D eigenvalue weighted by atomic mass is 35.5. The fraction of sp³-hybridized carbons (Fsp3) is 0.188. The molecule has 0 atom stereocenters. The van der Waals surface area contributed by atoms with Gasteiger partial charge in [0, 0.05) is 18.2 Å². The van der Waals surface area contributed by atoms with Crippen molar-refractivity contribution in [2.45, 2.75) is 13.3 Å². The Labute approximate surface area is 123 Å². The van der Waals surface area contributed by atoms with E-state index in [0.29, 0.717) is 11.6 Å². The van der Waals surface area contributed by atoms with Crippen LogP contribution in [0.25, 0.3) is 16.9 Å². The van der Waals surface area contributed by atoms with Crippen LogP contribution < -0.4 is 5.73 Å². The van der Waals surface area contributed by atoms with Gasteiger partial charge in [0.05, 0.1) is 16.4 Å². The predicted molar refractivity (Wildman–Crippen MR) is 83.1 cm³/mol. The molecule has 2 heterocycles. The monoisotopic (exact) mass is 285 g/mol. The van der Waals surface area contributed by atoms with Gasteiger partial charge in [0.25, 0.3) is 0 Å². The third-order valence-corrected chi connectivity index (χ3v) is 3.60. The molecule has 0 aliphatic rings. The van der Waals surface area contributed by atoms with Gasteiger partial charge < -0.3 is 10.1 Å². The summed E-state index contributed by atoms with van der Waals surface area (Å²) in [5.74, 6) is 0. The molecule has 0 aliphatic heterocycles. The number of hydrogen-bond acceptors (Lipinski definition) is 2. The van der Waals surface area contributed by atoms with E-state index in [1.54, 1.807) is 0 Å². The van der Waals surface area contributed by atoms with Crippen LogP contribution >= 0.6 is 11.6 Å². The molecule has 2 aromatic heterocycles. The molecule has 3 aromatic rings. The van der Waals surface area contributed by atoms with E-state index in [2.05, 4.69) is 16.5 Å². The second kappa shape index (κ2) is 5.27. The molecule has 4 heteroatoms. The Hall–Kier alpha value is -1.84. The first-order valence-corrected chi connectivity index (χ1v) is 7.01. The summed E-state index contributed by atoms with van der Waals surface area (Å²) in [5.41, 5.74) is 11.0. The van der Waals surface area contributed by atoms with Crippen LogP contribution in [-0.2, 0) is 6.42 Å². The van der Waals surface area contributed by atoms with Gasteiger partial charge in [0.2, 0.25) is 0 Å². The summed E-state index contributed by atoms with van der Waals surface area (Å²) in [4.78, 5) is 4.79. The number of halogens is 1. The zero-order valence-electron chi connectivity index (χ0n) is 11.3. The maximum absolute atomic E-state index is 6.17. The molecule has 0 aliphatic carbocycles. The quantitative estimate of drug-likeness (QED) is 0.801. The van der Waals surface area contributed by atoms with E-state index in [9.17, 15) is 0 Å². The number of hydrogen-bond donors (Lipinski definition) is 1. The Morgan fingerprint density at radius 1 is 1.25 bits per heavy atom. The summed E-state index contributed by atoms with van der Waals surface area (Å²) in [6, 6.07) is 12.1. The highest BCUT2D eigenvalue weighted by Gasteiger charge is 2.15. The van der Waals surface area contributed by atoms with Gasteiger partial charge in [-0.1, -0.05) is 41.9 Å². The fourth-order valence-electron chi connectivity index (χ4n) is 2.52. The molecule has 1 aromatic carbocycles. The van der Waals surface area contributed by atoms with Crippen molar-refractivity contribution in [2.24, 2.45) is 5.73 Å². The minimum Gasteiger partial charge on any atom is -0.330 e. The van der Waals surface area contributed by atoms with Crippen LogP contribution in [-0.4, -0.2) is 15.9 Å². The Kier molecular flexibility index (Phi) is 3.47. The summed E-state index contributed by atoms with van der Waals surface area (Å²) in [6.07, 6.45) is 2.68. The van der Waals surface area contributed by atoms with Gasteiger partial charge >= 0.3 is 0 Å². The van der Waals surface area contributed by atoms with E-state index < -0.39 is 0 Å². The maximum Gasteiger partial charge on any atom is 0.140 e. The molecular weight excluding hydrogens is 270 g/mol. The zero-order chi connectivity index (χ0) is 14.1. The van der Waals surface area contributed by atoms with Gasteiger partial charge in [-0.3, -0.25) is 0 Å². The molecule has 0 spiro atoms. The van der Waals surface area contributed by atoms with Crippen LogP contribution in [0.4, 0.5) is 0 Å². The average Bonchev–Trinajstić information content (AvgIpc) is 2.80. The third-order valence-electron chi connectivity index (χ3n) is 3.40. The average molecular weight is 286 g/mol. The van der Waals surface area contributed by atoms with Crippen LogP contribution in [0, 0.1) is 6.92 Å². The highest BCUT2D eigenvalue weighted by Crippen LogP contribution is 2.27. The minimum atomic E-state index is 0.583. The van der Waals surface area contributed by atoms with Gasteiger partial charge in [0.15, 0.2) is 0 Å². The van der Waals surface area contributed by atoms with Crippen molar-refractivity contribution in [2.75, 3.05) is 6.54 Å². The van der Waals surface area contributed by atoms with Crippen LogP contribution in [0.3, 0.4) is 0 Å². The van der Waals surface area contributed by atoms with Crippen LogP contribution in [0.2, 0.25) is 5.02 Å². The zero-order valence-corrected chi connectivity index (χ0v) is 12.1. The Morgan fingerprint density at radius 2 is 2.00 bits per heavy atom. The van der Waals surface area contributed by atoms with Gasteiger partial charge in [0.1, 0.15) is 5.65 Å².